The molecule has 0 saturated heterocycles. The molecule has 0 unspecified atom stereocenters. The van der Waals surface area contributed by atoms with E-state index in [1.807, 2.05) is 0 Å². The van der Waals surface area contributed by atoms with Crippen LogP contribution in [0, 0.1) is 0 Å². The molecule has 0 aliphatic rings. The Balaban J connectivity index is 2.37. The summed E-state index contributed by atoms with van der Waals surface area (Å²) in [5.41, 5.74) is -1.37. The smallest absolute Gasteiger partial charge is 0.340 e. The minimum absolute atomic E-state index is 0.410. The fraction of sp³-hybridized carbons (Fsp3) is 0.300. The van der Waals surface area contributed by atoms with Crippen LogP contribution < -0.4 is 4.72 Å². The number of carbonyl (C=O) groups is 1. The number of aromatic carboxylic acids is 1. The van der Waals surface area contributed by atoms with E-state index in [4.69, 9.17) is 5.11 Å². The number of nitrogens with zero attached hydrogens (tertiary/aromatic N) is 2. The first-order chi connectivity index (χ1) is 9.24. The molecule has 108 valence electrons. The summed E-state index contributed by atoms with van der Waals surface area (Å²) in [6, 6.07) is 0. The molecular weight excluding hydrogens is 304 g/mol. The van der Waals surface area contributed by atoms with Gasteiger partial charge in [-0.1, -0.05) is 0 Å². The van der Waals surface area contributed by atoms with Crippen LogP contribution in [0.25, 0.3) is 0 Å². The zero-order valence-corrected chi connectivity index (χ0v) is 12.2. The summed E-state index contributed by atoms with van der Waals surface area (Å²) in [4.78, 5) is 15.0. The molecule has 2 heterocycles. The van der Waals surface area contributed by atoms with Crippen molar-refractivity contribution in [2.75, 3.05) is 0 Å². The standard InChI is InChI=1S/C10H12N4O4S2/c1-10(2,9-11-3-4-19-9)14-20(17,18)7-6(8(15)16)5-12-13-7/h3-5,14H,1-2H3,(H,12,13)(H,15,16). The molecule has 0 atom stereocenters. The number of hydrogen-bond donors (Lipinski definition) is 3. The largest absolute Gasteiger partial charge is 0.478 e. The molecule has 0 aliphatic heterocycles. The Hall–Kier alpha value is -1.78. The first kappa shape index (κ1) is 14.6. The third-order valence-corrected chi connectivity index (χ3v) is 5.18. The molecule has 8 nitrogen and oxygen atoms in total. The van der Waals surface area contributed by atoms with Crippen LogP contribution >= 0.6 is 11.3 Å². The van der Waals surface area contributed by atoms with Crippen LogP contribution in [0.5, 0.6) is 0 Å². The monoisotopic (exact) mass is 316 g/mol. The number of thiazole rings is 1. The summed E-state index contributed by atoms with van der Waals surface area (Å²) in [5.74, 6) is -1.37. The van der Waals surface area contributed by atoms with Crippen molar-refractivity contribution in [3.8, 4) is 0 Å². The number of aromatic amines is 1. The van der Waals surface area contributed by atoms with Gasteiger partial charge in [0.2, 0.25) is 0 Å². The third-order valence-electron chi connectivity index (χ3n) is 2.46. The Morgan fingerprint density at radius 1 is 1.50 bits per heavy atom. The van der Waals surface area contributed by atoms with Gasteiger partial charge in [-0.3, -0.25) is 5.10 Å². The average Bonchev–Trinajstić information content (AvgIpc) is 3.00. The van der Waals surface area contributed by atoms with Gasteiger partial charge in [0.15, 0.2) is 5.03 Å². The normalized spacial score (nSPS) is 12.5. The third kappa shape index (κ3) is 2.71. The maximum Gasteiger partial charge on any atom is 0.340 e. The lowest BCUT2D eigenvalue weighted by Crippen LogP contribution is -2.41. The second-order valence-corrected chi connectivity index (χ2v) is 7.00. The highest BCUT2D eigenvalue weighted by Gasteiger charge is 2.33. The molecule has 0 aliphatic carbocycles. The van der Waals surface area contributed by atoms with Gasteiger partial charge in [-0.2, -0.15) is 9.82 Å². The summed E-state index contributed by atoms with van der Waals surface area (Å²) >= 11 is 1.30. The molecule has 10 heteroatoms. The lowest BCUT2D eigenvalue weighted by Gasteiger charge is -2.23. The van der Waals surface area contributed by atoms with Gasteiger partial charge in [0.25, 0.3) is 10.0 Å². The van der Waals surface area contributed by atoms with Crippen molar-refractivity contribution >= 4 is 27.3 Å². The minimum Gasteiger partial charge on any atom is -0.478 e. The van der Waals surface area contributed by atoms with Gasteiger partial charge in [-0.15, -0.1) is 11.3 Å². The van der Waals surface area contributed by atoms with Gasteiger partial charge in [-0.25, -0.2) is 18.2 Å². The van der Waals surface area contributed by atoms with Crippen LogP contribution in [-0.2, 0) is 15.6 Å². The number of hydrogen-bond acceptors (Lipinski definition) is 6. The van der Waals surface area contributed by atoms with Gasteiger partial charge >= 0.3 is 5.97 Å². The Labute approximate surface area is 118 Å². The number of H-pyrrole nitrogens is 1. The molecule has 20 heavy (non-hydrogen) atoms. The molecule has 0 spiro atoms. The summed E-state index contributed by atoms with van der Waals surface area (Å²) in [5, 5.41) is 16.4. The second-order valence-electron chi connectivity index (χ2n) is 4.49. The lowest BCUT2D eigenvalue weighted by atomic mass is 10.1. The van der Waals surface area contributed by atoms with E-state index in [0.29, 0.717) is 5.01 Å². The van der Waals surface area contributed by atoms with E-state index in [-0.39, 0.29) is 0 Å². The molecule has 2 aromatic rings. The van der Waals surface area contributed by atoms with Gasteiger partial charge in [0.1, 0.15) is 10.6 Å². The highest BCUT2D eigenvalue weighted by atomic mass is 32.2. The Bertz CT molecular complexity index is 718. The van der Waals surface area contributed by atoms with Crippen LogP contribution in [0.2, 0.25) is 0 Å². The number of nitrogens with one attached hydrogen (secondary N) is 2. The highest BCUT2D eigenvalue weighted by Crippen LogP contribution is 2.25. The molecule has 2 rings (SSSR count). The molecule has 0 aromatic carbocycles. The van der Waals surface area contributed by atoms with E-state index in [1.165, 1.54) is 11.3 Å². The molecule has 0 fully saturated rings. The number of carboxylic acids is 1. The fourth-order valence-electron chi connectivity index (χ4n) is 1.59. The molecule has 0 bridgehead atoms. The second kappa shape index (κ2) is 4.96. The predicted octanol–water partition coefficient (Wildman–Crippen LogP) is 0.778. The van der Waals surface area contributed by atoms with E-state index in [0.717, 1.165) is 6.20 Å². The first-order valence-corrected chi connectivity index (χ1v) is 7.81. The van der Waals surface area contributed by atoms with E-state index in [1.54, 1.807) is 25.4 Å². The minimum atomic E-state index is -4.06. The van der Waals surface area contributed by atoms with Crippen molar-refractivity contribution in [3.05, 3.63) is 28.3 Å². The summed E-state index contributed by atoms with van der Waals surface area (Å²) in [7, 11) is -4.06. The molecule has 2 aromatic heterocycles. The summed E-state index contributed by atoms with van der Waals surface area (Å²) in [6.45, 7) is 3.28. The van der Waals surface area contributed by atoms with Gasteiger partial charge in [0, 0.05) is 11.6 Å². The number of rotatable bonds is 5. The molecule has 0 radical (unpaired) electrons. The molecule has 0 saturated carbocycles. The van der Waals surface area contributed by atoms with E-state index in [9.17, 15) is 13.2 Å². The predicted molar refractivity (Wildman–Crippen MR) is 71.0 cm³/mol. The zero-order chi connectivity index (χ0) is 15.0. The van der Waals surface area contributed by atoms with Crippen LogP contribution in [-0.4, -0.2) is 34.7 Å². The maximum absolute atomic E-state index is 12.3. The van der Waals surface area contributed by atoms with E-state index >= 15 is 0 Å². The van der Waals surface area contributed by atoms with E-state index in [2.05, 4.69) is 19.9 Å². The molecule has 0 amide bonds. The van der Waals surface area contributed by atoms with Crippen molar-refractivity contribution in [1.29, 1.82) is 0 Å². The van der Waals surface area contributed by atoms with Crippen molar-refractivity contribution in [2.45, 2.75) is 24.4 Å². The number of aromatic nitrogens is 3. The fourth-order valence-corrected chi connectivity index (χ4v) is 3.85. The summed E-state index contributed by atoms with van der Waals surface area (Å²) < 4.78 is 26.9. The maximum atomic E-state index is 12.3. The van der Waals surface area contributed by atoms with Gasteiger partial charge in [-0.05, 0) is 13.8 Å². The van der Waals surface area contributed by atoms with Crippen molar-refractivity contribution < 1.29 is 18.3 Å². The quantitative estimate of drug-likeness (QED) is 0.748. The van der Waals surface area contributed by atoms with Gasteiger partial charge < -0.3 is 5.11 Å². The summed E-state index contributed by atoms with van der Waals surface area (Å²) in [6.07, 6.45) is 2.52. The SMILES string of the molecule is CC(C)(NS(=O)(=O)c1[nH]ncc1C(=O)O)c1nccs1. The van der Waals surface area contributed by atoms with Crippen LogP contribution in [0.3, 0.4) is 0 Å². The molecule has 3 N–H and O–H groups in total. The van der Waals surface area contributed by atoms with Crippen molar-refractivity contribution in [3.63, 3.8) is 0 Å². The van der Waals surface area contributed by atoms with Crippen molar-refractivity contribution in [1.82, 2.24) is 19.9 Å². The Kier molecular flexibility index (Phi) is 3.63. The number of sulfonamides is 1. The Morgan fingerprint density at radius 2 is 2.20 bits per heavy atom. The van der Waals surface area contributed by atoms with Crippen LogP contribution in [0.4, 0.5) is 0 Å². The number of carboxylic acid groups (broad SMARTS) is 1. The van der Waals surface area contributed by atoms with Crippen LogP contribution in [0.15, 0.2) is 22.8 Å². The zero-order valence-electron chi connectivity index (χ0n) is 10.6. The van der Waals surface area contributed by atoms with Gasteiger partial charge in [0.05, 0.1) is 11.7 Å². The average molecular weight is 316 g/mol. The molecular formula is C10H12N4O4S2. The topological polar surface area (TPSA) is 125 Å². The Morgan fingerprint density at radius 3 is 2.75 bits per heavy atom. The lowest BCUT2D eigenvalue weighted by molar-refractivity contribution is 0.0692. The van der Waals surface area contributed by atoms with Crippen molar-refractivity contribution in [2.24, 2.45) is 0 Å². The van der Waals surface area contributed by atoms with Crippen LogP contribution in [0.1, 0.15) is 29.2 Å². The highest BCUT2D eigenvalue weighted by molar-refractivity contribution is 7.89. The first-order valence-electron chi connectivity index (χ1n) is 5.44. The van der Waals surface area contributed by atoms with E-state index < -0.39 is 32.1 Å².